The lowest BCUT2D eigenvalue weighted by Gasteiger charge is -2.19. The van der Waals surface area contributed by atoms with Gasteiger partial charge in [-0.3, -0.25) is 0 Å². The molecule has 1 atom stereocenters. The Hall–Kier alpha value is -1.16. The Bertz CT molecular complexity index is 446. The van der Waals surface area contributed by atoms with Crippen molar-refractivity contribution < 1.29 is 18.7 Å². The second-order valence-electron chi connectivity index (χ2n) is 3.86. The van der Waals surface area contributed by atoms with Crippen LogP contribution in [0.2, 0.25) is 5.02 Å². The van der Waals surface area contributed by atoms with Gasteiger partial charge in [-0.25, -0.2) is 4.79 Å². The molecule has 0 amide bonds. The average Bonchev–Trinajstić information content (AvgIpc) is 2.60. The van der Waals surface area contributed by atoms with E-state index < -0.39 is 17.8 Å². The van der Waals surface area contributed by atoms with Crippen LogP contribution in [0.5, 0.6) is 0 Å². The first-order valence-corrected chi connectivity index (χ1v) is 5.20. The quantitative estimate of drug-likeness (QED) is 0.871. The maximum atomic E-state index is 13.4. The highest BCUT2D eigenvalue weighted by Gasteiger charge is 2.50. The molecule has 0 heterocycles. The zero-order valence-corrected chi connectivity index (χ0v) is 8.97. The summed E-state index contributed by atoms with van der Waals surface area (Å²) in [6.07, 6.45) is 0.596. The fraction of sp³-hybridized carbons (Fsp3) is 0.364. The third-order valence-electron chi connectivity index (χ3n) is 2.91. The zero-order valence-electron chi connectivity index (χ0n) is 8.21. The molecule has 2 nitrogen and oxygen atoms in total. The number of carboxylic acid groups (broad SMARTS) is 1. The number of fused-ring (bicyclic) bond motifs is 1. The monoisotopic (exact) mass is 246 g/mol. The highest BCUT2D eigenvalue weighted by atomic mass is 35.5. The average molecular weight is 247 g/mol. The second kappa shape index (κ2) is 3.70. The minimum absolute atomic E-state index is 0.148. The van der Waals surface area contributed by atoms with E-state index in [4.69, 9.17) is 16.7 Å². The van der Waals surface area contributed by atoms with Crippen LogP contribution in [0.15, 0.2) is 18.2 Å². The number of carboxylic acids is 1. The molecule has 0 saturated carbocycles. The van der Waals surface area contributed by atoms with Crippen molar-refractivity contribution in [2.45, 2.75) is 24.7 Å². The molecule has 2 rings (SSSR count). The first-order valence-electron chi connectivity index (χ1n) is 4.82. The Labute approximate surface area is 95.8 Å². The fourth-order valence-corrected chi connectivity index (χ4v) is 2.31. The van der Waals surface area contributed by atoms with Gasteiger partial charge in [-0.2, -0.15) is 8.78 Å². The maximum Gasteiger partial charge on any atom is 0.375 e. The lowest BCUT2D eigenvalue weighted by atomic mass is 9.94. The molecule has 1 aliphatic carbocycles. The summed E-state index contributed by atoms with van der Waals surface area (Å²) in [6, 6.07) is 4.62. The van der Waals surface area contributed by atoms with Gasteiger partial charge in [0.2, 0.25) is 0 Å². The van der Waals surface area contributed by atoms with Crippen LogP contribution < -0.4 is 0 Å². The Morgan fingerprint density at radius 2 is 2.19 bits per heavy atom. The highest BCUT2D eigenvalue weighted by Crippen LogP contribution is 2.44. The van der Waals surface area contributed by atoms with E-state index in [0.29, 0.717) is 17.0 Å². The summed E-state index contributed by atoms with van der Waals surface area (Å²) in [5.74, 6) is -7.02. The Kier molecular flexibility index (Phi) is 2.62. The van der Waals surface area contributed by atoms with Crippen molar-refractivity contribution in [2.75, 3.05) is 0 Å². The van der Waals surface area contributed by atoms with E-state index in [0.717, 1.165) is 5.56 Å². The van der Waals surface area contributed by atoms with Gasteiger partial charge in [0.15, 0.2) is 0 Å². The van der Waals surface area contributed by atoms with Crippen molar-refractivity contribution in [3.8, 4) is 0 Å². The van der Waals surface area contributed by atoms with Crippen molar-refractivity contribution in [1.29, 1.82) is 0 Å². The van der Waals surface area contributed by atoms with E-state index in [1.54, 1.807) is 6.07 Å². The number of carbonyl (C=O) groups is 1. The molecule has 1 aromatic rings. The van der Waals surface area contributed by atoms with Crippen molar-refractivity contribution in [2.24, 2.45) is 0 Å². The van der Waals surface area contributed by atoms with Crippen LogP contribution in [0.4, 0.5) is 8.78 Å². The molecule has 0 aliphatic heterocycles. The molecule has 1 aromatic carbocycles. The van der Waals surface area contributed by atoms with Crippen LogP contribution in [0.1, 0.15) is 23.5 Å². The molecule has 0 saturated heterocycles. The molecule has 0 bridgehead atoms. The van der Waals surface area contributed by atoms with Gasteiger partial charge in [-0.15, -0.1) is 0 Å². The van der Waals surface area contributed by atoms with Gasteiger partial charge in [-0.1, -0.05) is 17.7 Å². The van der Waals surface area contributed by atoms with E-state index in [1.165, 1.54) is 12.1 Å². The second-order valence-corrected chi connectivity index (χ2v) is 4.30. The van der Waals surface area contributed by atoms with Crippen molar-refractivity contribution >= 4 is 17.6 Å². The first kappa shape index (κ1) is 11.3. The van der Waals surface area contributed by atoms with Gasteiger partial charge >= 0.3 is 11.9 Å². The molecular formula is C11H9ClF2O2. The third-order valence-corrected chi connectivity index (χ3v) is 3.14. The lowest BCUT2D eigenvalue weighted by Crippen LogP contribution is -2.34. The lowest BCUT2D eigenvalue weighted by molar-refractivity contribution is -0.168. The summed E-state index contributed by atoms with van der Waals surface area (Å²) >= 11 is 5.74. The van der Waals surface area contributed by atoms with Crippen LogP contribution in [0.3, 0.4) is 0 Å². The Balaban J connectivity index is 2.41. The molecule has 0 aromatic heterocycles. The molecule has 0 fully saturated rings. The van der Waals surface area contributed by atoms with E-state index in [1.807, 2.05) is 0 Å². The summed E-state index contributed by atoms with van der Waals surface area (Å²) < 4.78 is 26.8. The van der Waals surface area contributed by atoms with Crippen molar-refractivity contribution in [3.63, 3.8) is 0 Å². The first-order chi connectivity index (χ1) is 7.43. The molecule has 0 radical (unpaired) electrons. The number of aryl methyl sites for hydroxylation is 1. The van der Waals surface area contributed by atoms with Crippen LogP contribution >= 0.6 is 11.6 Å². The van der Waals surface area contributed by atoms with E-state index in [2.05, 4.69) is 0 Å². The highest BCUT2D eigenvalue weighted by molar-refractivity contribution is 6.30. The number of rotatable bonds is 2. The van der Waals surface area contributed by atoms with Gasteiger partial charge in [0.1, 0.15) is 0 Å². The molecule has 1 N–H and O–H groups in total. The number of alkyl halides is 2. The van der Waals surface area contributed by atoms with Gasteiger partial charge in [0.05, 0.1) is 5.92 Å². The molecular weight excluding hydrogens is 238 g/mol. The number of aliphatic carboxylic acids is 1. The van der Waals surface area contributed by atoms with Gasteiger partial charge in [0, 0.05) is 5.02 Å². The predicted octanol–water partition coefficient (Wildman–Crippen LogP) is 3.09. The number of halogens is 3. The molecule has 86 valence electrons. The van der Waals surface area contributed by atoms with Crippen LogP contribution in [0.25, 0.3) is 0 Å². The Morgan fingerprint density at radius 1 is 1.50 bits per heavy atom. The zero-order chi connectivity index (χ0) is 11.9. The largest absolute Gasteiger partial charge is 0.477 e. The molecule has 1 aliphatic rings. The molecule has 5 heteroatoms. The van der Waals surface area contributed by atoms with Crippen molar-refractivity contribution in [1.82, 2.24) is 0 Å². The van der Waals surface area contributed by atoms with E-state index in [9.17, 15) is 13.6 Å². The normalized spacial score (nSPS) is 19.6. The van der Waals surface area contributed by atoms with E-state index >= 15 is 0 Å². The third kappa shape index (κ3) is 1.67. The summed E-state index contributed by atoms with van der Waals surface area (Å²) in [7, 11) is 0. The smallest absolute Gasteiger partial charge is 0.375 e. The molecule has 0 spiro atoms. The predicted molar refractivity (Wildman–Crippen MR) is 55.1 cm³/mol. The SMILES string of the molecule is O=C(O)C(F)(F)C1CCc2cc(Cl)ccc21. The molecule has 1 unspecified atom stereocenters. The topological polar surface area (TPSA) is 37.3 Å². The Morgan fingerprint density at radius 3 is 2.81 bits per heavy atom. The van der Waals surface area contributed by atoms with Crippen LogP contribution in [0, 0.1) is 0 Å². The fourth-order valence-electron chi connectivity index (χ4n) is 2.11. The van der Waals surface area contributed by atoms with Gasteiger partial charge in [0.25, 0.3) is 0 Å². The number of hydrogen-bond donors (Lipinski definition) is 1. The van der Waals surface area contributed by atoms with E-state index in [-0.39, 0.29) is 6.42 Å². The minimum atomic E-state index is -3.71. The number of hydrogen-bond acceptors (Lipinski definition) is 1. The van der Waals surface area contributed by atoms with Gasteiger partial charge in [-0.05, 0) is 36.1 Å². The minimum Gasteiger partial charge on any atom is -0.477 e. The van der Waals surface area contributed by atoms with Crippen LogP contribution in [-0.2, 0) is 11.2 Å². The van der Waals surface area contributed by atoms with Crippen molar-refractivity contribution in [3.05, 3.63) is 34.3 Å². The summed E-state index contributed by atoms with van der Waals surface area (Å²) in [4.78, 5) is 10.5. The summed E-state index contributed by atoms with van der Waals surface area (Å²) in [5.41, 5.74) is 1.12. The summed E-state index contributed by atoms with van der Waals surface area (Å²) in [6.45, 7) is 0. The van der Waals surface area contributed by atoms with Gasteiger partial charge < -0.3 is 5.11 Å². The maximum absolute atomic E-state index is 13.4. The standard InChI is InChI=1S/C11H9ClF2O2/c12-7-2-3-8-6(5-7)1-4-9(8)11(13,14)10(15)16/h2-3,5,9H,1,4H2,(H,15,16). The number of benzene rings is 1. The van der Waals surface area contributed by atoms with Crippen LogP contribution in [-0.4, -0.2) is 17.0 Å². The molecule has 16 heavy (non-hydrogen) atoms. The summed E-state index contributed by atoms with van der Waals surface area (Å²) in [5, 5.41) is 8.99.